The summed E-state index contributed by atoms with van der Waals surface area (Å²) >= 11 is 6.31. The normalized spacial score (nSPS) is 19.9. The van der Waals surface area contributed by atoms with Gasteiger partial charge in [-0.05, 0) is 30.9 Å². The quantitative estimate of drug-likeness (QED) is 0.726. The SMILES string of the molecule is CCCCOc1c(Cl)cc(C(=O)N2CC(C)CC(C(=O)O)C2)cc1OC. The highest BCUT2D eigenvalue weighted by atomic mass is 35.5. The number of likely N-dealkylation sites (tertiary alicyclic amines) is 1. The van der Waals surface area contributed by atoms with Crippen LogP contribution in [0.1, 0.15) is 43.5 Å². The van der Waals surface area contributed by atoms with Crippen molar-refractivity contribution < 1.29 is 24.2 Å². The predicted octanol–water partition coefficient (Wildman–Crippen LogP) is 3.71. The summed E-state index contributed by atoms with van der Waals surface area (Å²) in [6.07, 6.45) is 2.46. The van der Waals surface area contributed by atoms with E-state index in [1.54, 1.807) is 17.0 Å². The van der Waals surface area contributed by atoms with Crippen LogP contribution in [0.3, 0.4) is 0 Å². The van der Waals surface area contributed by atoms with Gasteiger partial charge in [0.15, 0.2) is 11.5 Å². The zero-order valence-corrected chi connectivity index (χ0v) is 16.2. The largest absolute Gasteiger partial charge is 0.493 e. The first-order valence-corrected chi connectivity index (χ1v) is 9.27. The Morgan fingerprint density at radius 1 is 1.35 bits per heavy atom. The number of carbonyl (C=O) groups is 2. The maximum Gasteiger partial charge on any atom is 0.308 e. The van der Waals surface area contributed by atoms with Gasteiger partial charge in [-0.1, -0.05) is 31.9 Å². The van der Waals surface area contributed by atoms with Crippen LogP contribution < -0.4 is 9.47 Å². The molecule has 0 bridgehead atoms. The molecule has 6 nitrogen and oxygen atoms in total. The van der Waals surface area contributed by atoms with Crippen molar-refractivity contribution >= 4 is 23.5 Å². The fraction of sp³-hybridized carbons (Fsp3) is 0.579. The molecule has 26 heavy (non-hydrogen) atoms. The Morgan fingerprint density at radius 3 is 2.69 bits per heavy atom. The number of rotatable bonds is 7. The van der Waals surface area contributed by atoms with E-state index in [0.29, 0.717) is 41.7 Å². The number of amides is 1. The van der Waals surface area contributed by atoms with Gasteiger partial charge in [0.2, 0.25) is 0 Å². The zero-order chi connectivity index (χ0) is 19.3. The van der Waals surface area contributed by atoms with Crippen molar-refractivity contribution in [2.75, 3.05) is 26.8 Å². The second-order valence-corrected chi connectivity index (χ2v) is 7.18. The number of ether oxygens (including phenoxy) is 2. The summed E-state index contributed by atoms with van der Waals surface area (Å²) in [6.45, 7) is 5.26. The number of carboxylic acid groups (broad SMARTS) is 1. The molecule has 1 aromatic carbocycles. The van der Waals surface area contributed by atoms with Crippen LogP contribution in [0.15, 0.2) is 12.1 Å². The van der Waals surface area contributed by atoms with E-state index in [0.717, 1.165) is 12.8 Å². The Morgan fingerprint density at radius 2 is 2.08 bits per heavy atom. The number of unbranched alkanes of at least 4 members (excludes halogenated alkanes) is 1. The lowest BCUT2D eigenvalue weighted by molar-refractivity contribution is -0.143. The highest BCUT2D eigenvalue weighted by Gasteiger charge is 2.32. The smallest absolute Gasteiger partial charge is 0.308 e. The summed E-state index contributed by atoms with van der Waals surface area (Å²) in [4.78, 5) is 25.8. The lowest BCUT2D eigenvalue weighted by atomic mass is 9.90. The van der Waals surface area contributed by atoms with E-state index < -0.39 is 11.9 Å². The van der Waals surface area contributed by atoms with Crippen LogP contribution in [0, 0.1) is 11.8 Å². The minimum Gasteiger partial charge on any atom is -0.493 e. The van der Waals surface area contributed by atoms with Crippen LogP contribution in [0.25, 0.3) is 0 Å². The van der Waals surface area contributed by atoms with Crippen molar-refractivity contribution in [3.05, 3.63) is 22.7 Å². The monoisotopic (exact) mass is 383 g/mol. The summed E-state index contributed by atoms with van der Waals surface area (Å²) in [7, 11) is 1.50. The Bertz CT molecular complexity index is 664. The minimum atomic E-state index is -0.871. The second kappa shape index (κ2) is 9.12. The van der Waals surface area contributed by atoms with Crippen LogP contribution in [0.5, 0.6) is 11.5 Å². The molecule has 0 saturated carbocycles. The molecule has 2 unspecified atom stereocenters. The van der Waals surface area contributed by atoms with Gasteiger partial charge in [-0.25, -0.2) is 0 Å². The van der Waals surface area contributed by atoms with E-state index >= 15 is 0 Å². The van der Waals surface area contributed by atoms with Crippen LogP contribution in [0.4, 0.5) is 0 Å². The Balaban J connectivity index is 2.23. The standard InChI is InChI=1S/C19H26ClNO5/c1-4-5-6-26-17-15(20)8-13(9-16(17)25-3)18(22)21-10-12(2)7-14(11-21)19(23)24/h8-9,12,14H,4-7,10-11H2,1-3H3,(H,23,24). The molecular weight excluding hydrogens is 358 g/mol. The molecule has 1 aliphatic rings. The number of halogens is 1. The van der Waals surface area contributed by atoms with E-state index in [1.165, 1.54) is 7.11 Å². The number of methoxy groups -OCH3 is 1. The lowest BCUT2D eigenvalue weighted by Gasteiger charge is -2.34. The summed E-state index contributed by atoms with van der Waals surface area (Å²) in [5, 5.41) is 9.60. The Labute approximate surface area is 159 Å². The molecular formula is C19H26ClNO5. The first-order valence-electron chi connectivity index (χ1n) is 8.89. The van der Waals surface area contributed by atoms with Gasteiger partial charge in [-0.3, -0.25) is 9.59 Å². The molecule has 1 N–H and O–H groups in total. The first kappa shape index (κ1) is 20.4. The Kier molecular flexibility index (Phi) is 7.14. The number of hydrogen-bond acceptors (Lipinski definition) is 4. The summed E-state index contributed by atoms with van der Waals surface area (Å²) in [5.41, 5.74) is 0.368. The average Bonchev–Trinajstić information content (AvgIpc) is 2.61. The molecule has 0 aliphatic carbocycles. The average molecular weight is 384 g/mol. The second-order valence-electron chi connectivity index (χ2n) is 6.78. The van der Waals surface area contributed by atoms with E-state index in [9.17, 15) is 14.7 Å². The fourth-order valence-corrected chi connectivity index (χ4v) is 3.45. The number of carbonyl (C=O) groups excluding carboxylic acids is 1. The van der Waals surface area contributed by atoms with Gasteiger partial charge in [0.05, 0.1) is 24.7 Å². The molecule has 7 heteroatoms. The molecule has 1 amide bonds. The maximum absolute atomic E-state index is 12.9. The van der Waals surface area contributed by atoms with Gasteiger partial charge in [0.1, 0.15) is 0 Å². The highest BCUT2D eigenvalue weighted by Crippen LogP contribution is 2.37. The van der Waals surface area contributed by atoms with Crippen molar-refractivity contribution in [3.8, 4) is 11.5 Å². The Hall–Kier alpha value is -1.95. The van der Waals surface area contributed by atoms with E-state index in [-0.39, 0.29) is 18.4 Å². The van der Waals surface area contributed by atoms with Crippen molar-refractivity contribution in [3.63, 3.8) is 0 Å². The van der Waals surface area contributed by atoms with Crippen LogP contribution in [-0.4, -0.2) is 48.7 Å². The van der Waals surface area contributed by atoms with Gasteiger partial charge < -0.3 is 19.5 Å². The fourth-order valence-electron chi connectivity index (χ4n) is 3.18. The number of benzene rings is 1. The van der Waals surface area contributed by atoms with E-state index in [1.807, 2.05) is 6.92 Å². The van der Waals surface area contributed by atoms with Crippen molar-refractivity contribution in [1.82, 2.24) is 4.90 Å². The number of nitrogens with zero attached hydrogens (tertiary/aromatic N) is 1. The van der Waals surface area contributed by atoms with Gasteiger partial charge in [0, 0.05) is 18.7 Å². The molecule has 0 aromatic heterocycles. The molecule has 2 rings (SSSR count). The van der Waals surface area contributed by atoms with Gasteiger partial charge in [-0.2, -0.15) is 0 Å². The summed E-state index contributed by atoms with van der Waals surface area (Å²) < 4.78 is 11.0. The summed E-state index contributed by atoms with van der Waals surface area (Å²) in [6, 6.07) is 3.16. The summed E-state index contributed by atoms with van der Waals surface area (Å²) in [5.74, 6) is -0.710. The molecule has 1 fully saturated rings. The lowest BCUT2D eigenvalue weighted by Crippen LogP contribution is -2.45. The van der Waals surface area contributed by atoms with E-state index in [2.05, 4.69) is 6.92 Å². The number of aliphatic carboxylic acids is 1. The van der Waals surface area contributed by atoms with Gasteiger partial charge in [-0.15, -0.1) is 0 Å². The van der Waals surface area contributed by atoms with Crippen molar-refractivity contribution in [2.24, 2.45) is 11.8 Å². The molecule has 1 aromatic rings. The van der Waals surface area contributed by atoms with Crippen molar-refractivity contribution in [2.45, 2.75) is 33.1 Å². The van der Waals surface area contributed by atoms with Gasteiger partial charge >= 0.3 is 5.97 Å². The molecule has 144 valence electrons. The molecule has 0 radical (unpaired) electrons. The zero-order valence-electron chi connectivity index (χ0n) is 15.5. The van der Waals surface area contributed by atoms with Crippen LogP contribution in [-0.2, 0) is 4.79 Å². The number of carboxylic acids is 1. The van der Waals surface area contributed by atoms with E-state index in [4.69, 9.17) is 21.1 Å². The minimum absolute atomic E-state index is 0.128. The van der Waals surface area contributed by atoms with Crippen LogP contribution in [0.2, 0.25) is 5.02 Å². The third-order valence-electron chi connectivity index (χ3n) is 4.52. The predicted molar refractivity (Wildman–Crippen MR) is 99.2 cm³/mol. The number of piperidine rings is 1. The topological polar surface area (TPSA) is 76.1 Å². The molecule has 1 heterocycles. The van der Waals surface area contributed by atoms with Crippen molar-refractivity contribution in [1.29, 1.82) is 0 Å². The highest BCUT2D eigenvalue weighted by molar-refractivity contribution is 6.32. The third kappa shape index (κ3) is 4.81. The third-order valence-corrected chi connectivity index (χ3v) is 4.80. The van der Waals surface area contributed by atoms with Crippen LogP contribution >= 0.6 is 11.6 Å². The molecule has 2 atom stereocenters. The molecule has 1 saturated heterocycles. The maximum atomic E-state index is 12.9. The number of hydrogen-bond donors (Lipinski definition) is 1. The molecule has 0 spiro atoms. The first-order chi connectivity index (χ1) is 12.4. The molecule has 1 aliphatic heterocycles. The van der Waals surface area contributed by atoms with Gasteiger partial charge in [0.25, 0.3) is 5.91 Å².